The molecule has 0 aliphatic heterocycles. The minimum atomic E-state index is -3.83. The van der Waals surface area contributed by atoms with Crippen LogP contribution >= 0.6 is 7.60 Å². The number of rotatable bonds is 7. The molecule has 0 heterocycles. The van der Waals surface area contributed by atoms with E-state index in [2.05, 4.69) is 4.52 Å². The van der Waals surface area contributed by atoms with Crippen molar-refractivity contribution in [1.82, 2.24) is 0 Å². The highest BCUT2D eigenvalue weighted by Gasteiger charge is 2.24. The maximum Gasteiger partial charge on any atom is 0.335 e. The molecule has 0 aromatic heterocycles. The highest BCUT2D eigenvalue weighted by Crippen LogP contribution is 2.42. The van der Waals surface area contributed by atoms with Crippen LogP contribution in [0.5, 0.6) is 5.75 Å². The number of carbonyl (C=O) groups is 1. The summed E-state index contributed by atoms with van der Waals surface area (Å²) < 4.78 is 21.4. The zero-order valence-electron chi connectivity index (χ0n) is 10.5. The molecule has 0 aliphatic rings. The van der Waals surface area contributed by atoms with E-state index in [4.69, 9.17) is 4.74 Å². The number of hydrogen-bond donors (Lipinski definition) is 1. The molecule has 1 rings (SSSR count). The van der Waals surface area contributed by atoms with E-state index in [1.165, 1.54) is 0 Å². The summed E-state index contributed by atoms with van der Waals surface area (Å²) in [6.45, 7) is 4.03. The predicted octanol–water partition coefficient (Wildman–Crippen LogP) is 2.49. The molecule has 1 atom stereocenters. The van der Waals surface area contributed by atoms with Gasteiger partial charge in [0.1, 0.15) is 11.9 Å². The molecule has 0 spiro atoms. The summed E-state index contributed by atoms with van der Waals surface area (Å²) in [5, 5.41) is 0. The third kappa shape index (κ3) is 4.61. The van der Waals surface area contributed by atoms with Crippen LogP contribution in [0.3, 0.4) is 0 Å². The molecule has 1 N–H and O–H groups in total. The molecule has 1 aromatic carbocycles. The third-order valence-corrected chi connectivity index (χ3v) is 3.49. The van der Waals surface area contributed by atoms with Crippen LogP contribution in [-0.4, -0.2) is 30.1 Å². The smallest absolute Gasteiger partial charge is 0.335 e. The Balaban J connectivity index is 2.78. The first kappa shape index (κ1) is 14.9. The Morgan fingerprint density at radius 3 is 2.67 bits per heavy atom. The minimum absolute atomic E-state index is 0.0973. The van der Waals surface area contributed by atoms with Crippen molar-refractivity contribution >= 4 is 13.4 Å². The van der Waals surface area contributed by atoms with Gasteiger partial charge in [0.2, 0.25) is 0 Å². The molecular formula is C12H17O5P. The molecule has 1 unspecified atom stereocenters. The Morgan fingerprint density at radius 1 is 1.33 bits per heavy atom. The maximum absolute atomic E-state index is 11.8. The van der Waals surface area contributed by atoms with Crippen molar-refractivity contribution in [3.63, 3.8) is 0 Å². The van der Waals surface area contributed by atoms with Crippen molar-refractivity contribution in [1.29, 1.82) is 0 Å². The minimum Gasteiger partial charge on any atom is -0.494 e. The van der Waals surface area contributed by atoms with Crippen molar-refractivity contribution in [2.24, 2.45) is 0 Å². The summed E-state index contributed by atoms with van der Waals surface area (Å²) in [4.78, 5) is 21.2. The number of Topliss-reactive ketones (excluding diaryl/α,β-unsaturated/α-hetero) is 1. The second-order valence-electron chi connectivity index (χ2n) is 3.60. The fourth-order valence-electron chi connectivity index (χ4n) is 1.45. The number of carbonyl (C=O) groups excluding carboxylic acids is 1. The lowest BCUT2D eigenvalue weighted by Crippen LogP contribution is -2.08. The van der Waals surface area contributed by atoms with Crippen molar-refractivity contribution < 1.29 is 23.5 Å². The number of hydrogen-bond acceptors (Lipinski definition) is 4. The Bertz CT molecular complexity index is 458. The number of ketones is 1. The van der Waals surface area contributed by atoms with E-state index < -0.39 is 19.5 Å². The van der Waals surface area contributed by atoms with Gasteiger partial charge >= 0.3 is 7.60 Å². The quantitative estimate of drug-likeness (QED) is 0.609. The molecule has 0 saturated heterocycles. The second kappa shape index (κ2) is 6.69. The van der Waals surface area contributed by atoms with Crippen LogP contribution in [0.2, 0.25) is 0 Å². The summed E-state index contributed by atoms with van der Waals surface area (Å²) >= 11 is 0. The molecule has 0 saturated carbocycles. The van der Waals surface area contributed by atoms with Gasteiger partial charge in [-0.05, 0) is 26.0 Å². The standard InChI is InChI=1S/C12H17O5P/c1-3-16-11-7-5-6-10(8-11)12(13)9-18(14,15)17-4-2/h5-8H,3-4,9H2,1-2H3,(H,14,15). The monoisotopic (exact) mass is 272 g/mol. The summed E-state index contributed by atoms with van der Waals surface area (Å²) in [5.74, 6) is 0.128. The Morgan fingerprint density at radius 2 is 2.06 bits per heavy atom. The van der Waals surface area contributed by atoms with Gasteiger partial charge in [0.05, 0.1) is 13.2 Å². The Kier molecular flexibility index (Phi) is 5.54. The van der Waals surface area contributed by atoms with E-state index >= 15 is 0 Å². The normalized spacial score (nSPS) is 13.9. The lowest BCUT2D eigenvalue weighted by Gasteiger charge is -2.10. The zero-order valence-corrected chi connectivity index (χ0v) is 11.4. The topological polar surface area (TPSA) is 72.8 Å². The molecule has 0 radical (unpaired) electrons. The van der Waals surface area contributed by atoms with Crippen LogP contribution in [0.4, 0.5) is 0 Å². The molecule has 18 heavy (non-hydrogen) atoms. The molecule has 1 aromatic rings. The fraction of sp³-hybridized carbons (Fsp3) is 0.417. The van der Waals surface area contributed by atoms with Gasteiger partial charge in [-0.25, -0.2) is 0 Å². The van der Waals surface area contributed by atoms with Crippen LogP contribution < -0.4 is 4.74 Å². The van der Waals surface area contributed by atoms with Gasteiger partial charge in [0.15, 0.2) is 5.78 Å². The van der Waals surface area contributed by atoms with Crippen molar-refractivity contribution in [2.45, 2.75) is 13.8 Å². The van der Waals surface area contributed by atoms with Gasteiger partial charge in [0, 0.05) is 5.56 Å². The van der Waals surface area contributed by atoms with Gasteiger partial charge < -0.3 is 14.2 Å². The van der Waals surface area contributed by atoms with Gasteiger partial charge in [-0.3, -0.25) is 9.36 Å². The lowest BCUT2D eigenvalue weighted by molar-refractivity contribution is 0.101. The van der Waals surface area contributed by atoms with Crippen LogP contribution in [0.15, 0.2) is 24.3 Å². The van der Waals surface area contributed by atoms with E-state index in [1.807, 2.05) is 6.92 Å². The molecule has 0 aliphatic carbocycles. The summed E-state index contributed by atoms with van der Waals surface area (Å²) in [6, 6.07) is 6.52. The molecule has 5 nitrogen and oxygen atoms in total. The Hall–Kier alpha value is -1.16. The second-order valence-corrected chi connectivity index (χ2v) is 5.45. The molecule has 0 bridgehead atoms. The zero-order chi connectivity index (χ0) is 13.6. The van der Waals surface area contributed by atoms with Crippen LogP contribution in [0, 0.1) is 0 Å². The SMILES string of the molecule is CCOc1cccc(C(=O)CP(=O)(O)OCC)c1. The molecule has 100 valence electrons. The molecule has 0 amide bonds. The predicted molar refractivity (Wildman–Crippen MR) is 68.3 cm³/mol. The average Bonchev–Trinajstić information content (AvgIpc) is 2.29. The maximum atomic E-state index is 11.8. The molecular weight excluding hydrogens is 255 g/mol. The summed E-state index contributed by atoms with van der Waals surface area (Å²) in [7, 11) is -3.83. The first-order valence-corrected chi connectivity index (χ1v) is 7.47. The first-order valence-electron chi connectivity index (χ1n) is 5.71. The van der Waals surface area contributed by atoms with Gasteiger partial charge in [0.25, 0.3) is 0 Å². The molecule has 6 heteroatoms. The van der Waals surface area contributed by atoms with Crippen molar-refractivity contribution in [2.75, 3.05) is 19.4 Å². The largest absolute Gasteiger partial charge is 0.494 e. The van der Waals surface area contributed by atoms with Crippen molar-refractivity contribution in [3.8, 4) is 5.75 Å². The van der Waals surface area contributed by atoms with Gasteiger partial charge in [-0.15, -0.1) is 0 Å². The lowest BCUT2D eigenvalue weighted by atomic mass is 10.1. The average molecular weight is 272 g/mol. The fourth-order valence-corrected chi connectivity index (χ4v) is 2.49. The summed E-state index contributed by atoms with van der Waals surface area (Å²) in [5.41, 5.74) is 0.343. The summed E-state index contributed by atoms with van der Waals surface area (Å²) in [6.07, 6.45) is -0.517. The van der Waals surface area contributed by atoms with Gasteiger partial charge in [-0.2, -0.15) is 0 Å². The first-order chi connectivity index (χ1) is 8.48. The van der Waals surface area contributed by atoms with Gasteiger partial charge in [-0.1, -0.05) is 12.1 Å². The Labute approximate surface area is 106 Å². The highest BCUT2D eigenvalue weighted by molar-refractivity contribution is 7.53. The highest BCUT2D eigenvalue weighted by atomic mass is 31.2. The van der Waals surface area contributed by atoms with Crippen LogP contribution in [-0.2, 0) is 9.09 Å². The number of ether oxygens (including phenoxy) is 1. The molecule has 0 fully saturated rings. The van der Waals surface area contributed by atoms with E-state index in [0.29, 0.717) is 17.9 Å². The third-order valence-electron chi connectivity index (χ3n) is 2.14. The van der Waals surface area contributed by atoms with Crippen molar-refractivity contribution in [3.05, 3.63) is 29.8 Å². The van der Waals surface area contributed by atoms with Crippen LogP contribution in [0.25, 0.3) is 0 Å². The van der Waals surface area contributed by atoms with E-state index in [-0.39, 0.29) is 6.61 Å². The van der Waals surface area contributed by atoms with E-state index in [9.17, 15) is 14.3 Å². The number of benzene rings is 1. The van der Waals surface area contributed by atoms with E-state index in [1.54, 1.807) is 31.2 Å². The van der Waals surface area contributed by atoms with E-state index in [0.717, 1.165) is 0 Å². The van der Waals surface area contributed by atoms with Crippen LogP contribution in [0.1, 0.15) is 24.2 Å².